The molecule has 3 N–H and O–H groups in total. The van der Waals surface area contributed by atoms with Crippen molar-refractivity contribution in [3.05, 3.63) is 45.7 Å². The van der Waals surface area contributed by atoms with Gasteiger partial charge in [0.2, 0.25) is 0 Å². The molecule has 0 aliphatic carbocycles. The second kappa shape index (κ2) is 5.67. The van der Waals surface area contributed by atoms with E-state index in [9.17, 15) is 0 Å². The van der Waals surface area contributed by atoms with Crippen LogP contribution in [0.2, 0.25) is 10.0 Å². The zero-order chi connectivity index (χ0) is 13.1. The minimum Gasteiger partial charge on any atom is -0.271 e. The summed E-state index contributed by atoms with van der Waals surface area (Å²) >= 11 is 12.1. The van der Waals surface area contributed by atoms with Crippen LogP contribution in [0.5, 0.6) is 0 Å². The highest BCUT2D eigenvalue weighted by molar-refractivity contribution is 6.33. The third-order valence-corrected chi connectivity index (χ3v) is 3.18. The van der Waals surface area contributed by atoms with Crippen LogP contribution in [-0.2, 0) is 13.5 Å². The van der Waals surface area contributed by atoms with E-state index in [1.165, 1.54) is 0 Å². The van der Waals surface area contributed by atoms with Crippen LogP contribution >= 0.6 is 23.2 Å². The van der Waals surface area contributed by atoms with E-state index in [2.05, 4.69) is 15.7 Å². The van der Waals surface area contributed by atoms with Gasteiger partial charge < -0.3 is 0 Å². The Kier molecular flexibility index (Phi) is 4.19. The first-order chi connectivity index (χ1) is 8.60. The monoisotopic (exact) mass is 285 g/mol. The van der Waals surface area contributed by atoms with E-state index in [0.717, 1.165) is 11.3 Å². The van der Waals surface area contributed by atoms with E-state index in [1.54, 1.807) is 22.9 Å². The van der Waals surface area contributed by atoms with Crippen molar-refractivity contribution in [2.45, 2.75) is 12.5 Å². The molecule has 1 heterocycles. The number of nitrogens with zero attached hydrogens (tertiary/aromatic N) is 3. The maximum Gasteiger partial charge on any atom is 0.0846 e. The molecule has 0 radical (unpaired) electrons. The van der Waals surface area contributed by atoms with Gasteiger partial charge >= 0.3 is 0 Å². The lowest BCUT2D eigenvalue weighted by atomic mass is 10.0. The number of nitrogens with one attached hydrogen (secondary N) is 1. The molecule has 1 atom stereocenters. The number of rotatable bonds is 4. The summed E-state index contributed by atoms with van der Waals surface area (Å²) in [4.78, 5) is 0. The topological polar surface area (TPSA) is 68.8 Å². The van der Waals surface area contributed by atoms with Gasteiger partial charge in [-0.15, -0.1) is 5.10 Å². The standard InChI is InChI=1S/C11H13Cl2N5/c1-18-6-8(16-17-18)5-11(15-14)9-4-7(12)2-3-10(9)13/h2-4,6,11,15H,5,14H2,1H3. The van der Waals surface area contributed by atoms with Crippen molar-refractivity contribution in [3.63, 3.8) is 0 Å². The second-order valence-corrected chi connectivity index (χ2v) is 4.82. The van der Waals surface area contributed by atoms with Crippen molar-refractivity contribution >= 4 is 23.2 Å². The number of nitrogens with two attached hydrogens (primary N) is 1. The molecule has 96 valence electrons. The lowest BCUT2D eigenvalue weighted by Gasteiger charge is -2.16. The van der Waals surface area contributed by atoms with Gasteiger partial charge in [0.25, 0.3) is 0 Å². The smallest absolute Gasteiger partial charge is 0.0846 e. The van der Waals surface area contributed by atoms with Gasteiger partial charge in [-0.1, -0.05) is 28.4 Å². The molecule has 7 heteroatoms. The van der Waals surface area contributed by atoms with E-state index < -0.39 is 0 Å². The van der Waals surface area contributed by atoms with Gasteiger partial charge in [0.05, 0.1) is 11.7 Å². The number of hydrazine groups is 1. The Morgan fingerprint density at radius 1 is 1.44 bits per heavy atom. The number of hydrogen-bond acceptors (Lipinski definition) is 4. The van der Waals surface area contributed by atoms with Crippen molar-refractivity contribution in [2.75, 3.05) is 0 Å². The predicted molar refractivity (Wildman–Crippen MR) is 71.2 cm³/mol. The minimum absolute atomic E-state index is 0.159. The highest BCUT2D eigenvalue weighted by Crippen LogP contribution is 2.27. The fourth-order valence-electron chi connectivity index (χ4n) is 1.74. The summed E-state index contributed by atoms with van der Waals surface area (Å²) in [7, 11) is 1.81. The molecule has 0 amide bonds. The Morgan fingerprint density at radius 2 is 2.22 bits per heavy atom. The molecular formula is C11H13Cl2N5. The summed E-state index contributed by atoms with van der Waals surface area (Å²) in [6.45, 7) is 0. The summed E-state index contributed by atoms with van der Waals surface area (Å²) in [6.07, 6.45) is 2.42. The SMILES string of the molecule is Cn1cc(CC(NN)c2cc(Cl)ccc2Cl)nn1. The van der Waals surface area contributed by atoms with Crippen LogP contribution in [0.3, 0.4) is 0 Å². The first-order valence-electron chi connectivity index (χ1n) is 5.36. The third-order valence-electron chi connectivity index (χ3n) is 2.60. The van der Waals surface area contributed by atoms with Crippen molar-refractivity contribution < 1.29 is 0 Å². The average molecular weight is 286 g/mol. The van der Waals surface area contributed by atoms with Gasteiger partial charge in [-0.25, -0.2) is 0 Å². The normalized spacial score (nSPS) is 12.7. The van der Waals surface area contributed by atoms with Gasteiger partial charge in [0.15, 0.2) is 0 Å². The fourth-order valence-corrected chi connectivity index (χ4v) is 2.17. The molecule has 18 heavy (non-hydrogen) atoms. The highest BCUT2D eigenvalue weighted by atomic mass is 35.5. The van der Waals surface area contributed by atoms with Crippen LogP contribution in [-0.4, -0.2) is 15.0 Å². The lowest BCUT2D eigenvalue weighted by molar-refractivity contribution is 0.545. The maximum absolute atomic E-state index is 6.15. The summed E-state index contributed by atoms with van der Waals surface area (Å²) in [5, 5.41) is 9.14. The fraction of sp³-hybridized carbons (Fsp3) is 0.273. The van der Waals surface area contributed by atoms with Gasteiger partial charge in [-0.05, 0) is 23.8 Å². The van der Waals surface area contributed by atoms with Gasteiger partial charge in [0.1, 0.15) is 0 Å². The number of halogens is 2. The summed E-state index contributed by atoms with van der Waals surface area (Å²) < 4.78 is 1.64. The highest BCUT2D eigenvalue weighted by Gasteiger charge is 2.16. The summed E-state index contributed by atoms with van der Waals surface area (Å²) in [5.74, 6) is 5.57. The molecule has 0 saturated carbocycles. The Morgan fingerprint density at radius 3 is 2.83 bits per heavy atom. The number of hydrogen-bond donors (Lipinski definition) is 2. The molecule has 0 spiro atoms. The maximum atomic E-state index is 6.15. The van der Waals surface area contributed by atoms with Crippen LogP contribution in [0, 0.1) is 0 Å². The molecule has 1 aromatic carbocycles. The van der Waals surface area contributed by atoms with Crippen molar-refractivity contribution in [2.24, 2.45) is 12.9 Å². The largest absolute Gasteiger partial charge is 0.271 e. The van der Waals surface area contributed by atoms with Crippen molar-refractivity contribution in [1.29, 1.82) is 0 Å². The van der Waals surface area contributed by atoms with E-state index in [1.807, 2.05) is 13.2 Å². The second-order valence-electron chi connectivity index (χ2n) is 3.97. The minimum atomic E-state index is -0.159. The average Bonchev–Trinajstić information content (AvgIpc) is 2.75. The molecule has 0 aliphatic rings. The Bertz CT molecular complexity index is 540. The molecular weight excluding hydrogens is 273 g/mol. The van der Waals surface area contributed by atoms with E-state index in [4.69, 9.17) is 29.0 Å². The zero-order valence-corrected chi connectivity index (χ0v) is 11.3. The van der Waals surface area contributed by atoms with E-state index in [-0.39, 0.29) is 6.04 Å². The van der Waals surface area contributed by atoms with Gasteiger partial charge in [-0.3, -0.25) is 16.0 Å². The first-order valence-corrected chi connectivity index (χ1v) is 6.12. The van der Waals surface area contributed by atoms with Crippen molar-refractivity contribution in [3.8, 4) is 0 Å². The quantitative estimate of drug-likeness (QED) is 0.665. The van der Waals surface area contributed by atoms with Crippen LogP contribution < -0.4 is 11.3 Å². The molecule has 5 nitrogen and oxygen atoms in total. The summed E-state index contributed by atoms with van der Waals surface area (Å²) in [5.41, 5.74) is 4.40. The molecule has 0 bridgehead atoms. The number of benzene rings is 1. The molecule has 0 saturated heterocycles. The number of aromatic nitrogens is 3. The predicted octanol–water partition coefficient (Wildman–Crippen LogP) is 1.87. The number of aryl methyl sites for hydroxylation is 1. The molecule has 2 rings (SSSR count). The van der Waals surface area contributed by atoms with Crippen LogP contribution in [0.25, 0.3) is 0 Å². The molecule has 0 fully saturated rings. The molecule has 1 unspecified atom stereocenters. The molecule has 1 aromatic heterocycles. The lowest BCUT2D eigenvalue weighted by Crippen LogP contribution is -2.30. The molecule has 2 aromatic rings. The summed E-state index contributed by atoms with van der Waals surface area (Å²) in [6, 6.07) is 5.13. The Balaban J connectivity index is 2.25. The third kappa shape index (κ3) is 3.00. The first kappa shape index (κ1) is 13.3. The Hall–Kier alpha value is -1.14. The van der Waals surface area contributed by atoms with Crippen LogP contribution in [0.4, 0.5) is 0 Å². The van der Waals surface area contributed by atoms with Gasteiger partial charge in [-0.2, -0.15) is 0 Å². The van der Waals surface area contributed by atoms with Gasteiger partial charge in [0, 0.05) is 29.7 Å². The van der Waals surface area contributed by atoms with E-state index in [0.29, 0.717) is 16.5 Å². The van der Waals surface area contributed by atoms with Crippen LogP contribution in [0.15, 0.2) is 24.4 Å². The zero-order valence-electron chi connectivity index (χ0n) is 9.77. The molecule has 0 aliphatic heterocycles. The Labute approximate surface area is 115 Å². The van der Waals surface area contributed by atoms with E-state index >= 15 is 0 Å². The van der Waals surface area contributed by atoms with Crippen molar-refractivity contribution in [1.82, 2.24) is 20.4 Å². The van der Waals surface area contributed by atoms with Crippen LogP contribution in [0.1, 0.15) is 17.3 Å².